The number of hydrogen-bond donors (Lipinski definition) is 1. The van der Waals surface area contributed by atoms with Gasteiger partial charge in [0.05, 0.1) is 0 Å². The fourth-order valence-corrected chi connectivity index (χ4v) is 1.45. The van der Waals surface area contributed by atoms with Gasteiger partial charge in [0.2, 0.25) is 0 Å². The summed E-state index contributed by atoms with van der Waals surface area (Å²) >= 11 is 0. The van der Waals surface area contributed by atoms with E-state index in [0.717, 1.165) is 12.8 Å². The maximum atomic E-state index is 11.4. The third-order valence-electron chi connectivity index (χ3n) is 2.35. The van der Waals surface area contributed by atoms with Crippen LogP contribution in [-0.2, 0) is 4.79 Å². The summed E-state index contributed by atoms with van der Waals surface area (Å²) in [5.41, 5.74) is 0.682. The standard InChI is InChI=1S/C12H14O2/c1-3-11(13)9(2)8-10-6-4-5-7-12(10)14/h1,5,7-8,10-11,13H,4,6H2,2H3. The van der Waals surface area contributed by atoms with Crippen LogP contribution in [0.5, 0.6) is 0 Å². The van der Waals surface area contributed by atoms with E-state index in [1.54, 1.807) is 19.1 Å². The van der Waals surface area contributed by atoms with E-state index in [0.29, 0.717) is 5.57 Å². The van der Waals surface area contributed by atoms with Gasteiger partial charge in [-0.05, 0) is 31.4 Å². The largest absolute Gasteiger partial charge is 0.376 e. The van der Waals surface area contributed by atoms with Gasteiger partial charge in [0.25, 0.3) is 0 Å². The molecule has 2 heteroatoms. The van der Waals surface area contributed by atoms with Crippen LogP contribution in [0.25, 0.3) is 0 Å². The van der Waals surface area contributed by atoms with E-state index in [9.17, 15) is 9.90 Å². The van der Waals surface area contributed by atoms with Crippen molar-refractivity contribution in [2.75, 3.05) is 0 Å². The summed E-state index contributed by atoms with van der Waals surface area (Å²) in [6.45, 7) is 1.75. The summed E-state index contributed by atoms with van der Waals surface area (Å²) in [4.78, 5) is 11.4. The maximum absolute atomic E-state index is 11.4. The molecule has 2 unspecified atom stereocenters. The molecular weight excluding hydrogens is 176 g/mol. The molecule has 0 aromatic carbocycles. The summed E-state index contributed by atoms with van der Waals surface area (Å²) in [6, 6.07) is 0. The van der Waals surface area contributed by atoms with E-state index in [4.69, 9.17) is 6.42 Å². The molecule has 2 nitrogen and oxygen atoms in total. The molecule has 0 spiro atoms. The van der Waals surface area contributed by atoms with Crippen LogP contribution in [0.1, 0.15) is 19.8 Å². The highest BCUT2D eigenvalue weighted by Gasteiger charge is 2.17. The first kappa shape index (κ1) is 10.7. The topological polar surface area (TPSA) is 37.3 Å². The minimum Gasteiger partial charge on any atom is -0.376 e. The van der Waals surface area contributed by atoms with Gasteiger partial charge in [0, 0.05) is 5.92 Å². The van der Waals surface area contributed by atoms with Gasteiger partial charge < -0.3 is 5.11 Å². The van der Waals surface area contributed by atoms with E-state index < -0.39 is 6.10 Å². The van der Waals surface area contributed by atoms with Crippen molar-refractivity contribution in [3.63, 3.8) is 0 Å². The van der Waals surface area contributed by atoms with Gasteiger partial charge in [0.1, 0.15) is 6.10 Å². The monoisotopic (exact) mass is 190 g/mol. The number of rotatable bonds is 2. The molecule has 0 aromatic heterocycles. The van der Waals surface area contributed by atoms with Gasteiger partial charge in [-0.3, -0.25) is 4.79 Å². The lowest BCUT2D eigenvalue weighted by Gasteiger charge is -2.14. The summed E-state index contributed by atoms with van der Waals surface area (Å²) in [5, 5.41) is 9.31. The SMILES string of the molecule is C#CC(O)C(C)=CC1CCC=CC1=O. The Hall–Kier alpha value is -1.33. The Kier molecular flexibility index (Phi) is 3.67. The molecule has 1 aliphatic rings. The Bertz CT molecular complexity index is 318. The third kappa shape index (κ3) is 2.58. The molecule has 0 bridgehead atoms. The highest BCUT2D eigenvalue weighted by molar-refractivity contribution is 5.93. The van der Waals surface area contributed by atoms with Crippen molar-refractivity contribution in [3.05, 3.63) is 23.8 Å². The molecular formula is C12H14O2. The molecule has 1 rings (SSSR count). The zero-order valence-electron chi connectivity index (χ0n) is 8.23. The van der Waals surface area contributed by atoms with Crippen LogP contribution in [0.15, 0.2) is 23.8 Å². The Morgan fingerprint density at radius 2 is 2.57 bits per heavy atom. The summed E-state index contributed by atoms with van der Waals surface area (Å²) < 4.78 is 0. The highest BCUT2D eigenvalue weighted by atomic mass is 16.3. The van der Waals surface area contributed by atoms with Crippen LogP contribution in [0.2, 0.25) is 0 Å². The lowest BCUT2D eigenvalue weighted by Crippen LogP contribution is -2.15. The van der Waals surface area contributed by atoms with Crippen LogP contribution in [-0.4, -0.2) is 17.0 Å². The first-order valence-corrected chi connectivity index (χ1v) is 4.68. The first-order valence-electron chi connectivity index (χ1n) is 4.68. The van der Waals surface area contributed by atoms with Crippen molar-refractivity contribution in [1.82, 2.24) is 0 Å². The minimum absolute atomic E-state index is 0.0971. The van der Waals surface area contributed by atoms with Crippen LogP contribution in [0, 0.1) is 18.3 Å². The van der Waals surface area contributed by atoms with Crippen molar-refractivity contribution in [2.24, 2.45) is 5.92 Å². The Morgan fingerprint density at radius 3 is 3.14 bits per heavy atom. The van der Waals surface area contributed by atoms with E-state index in [2.05, 4.69) is 5.92 Å². The molecule has 0 fully saturated rings. The van der Waals surface area contributed by atoms with Gasteiger partial charge in [-0.2, -0.15) is 0 Å². The van der Waals surface area contributed by atoms with Crippen LogP contribution < -0.4 is 0 Å². The van der Waals surface area contributed by atoms with Gasteiger partial charge >= 0.3 is 0 Å². The Morgan fingerprint density at radius 1 is 1.86 bits per heavy atom. The number of carbonyl (C=O) groups excluding carboxylic acids is 1. The normalized spacial score (nSPS) is 24.5. The molecule has 0 saturated carbocycles. The number of allylic oxidation sites excluding steroid dienone is 3. The van der Waals surface area contributed by atoms with E-state index in [-0.39, 0.29) is 11.7 Å². The molecule has 0 radical (unpaired) electrons. The van der Waals surface area contributed by atoms with Crippen LogP contribution in [0.3, 0.4) is 0 Å². The average molecular weight is 190 g/mol. The molecule has 74 valence electrons. The van der Waals surface area contributed by atoms with Crippen molar-refractivity contribution < 1.29 is 9.90 Å². The molecule has 2 atom stereocenters. The fourth-order valence-electron chi connectivity index (χ4n) is 1.45. The predicted octanol–water partition coefficient (Wildman–Crippen LogP) is 1.46. The summed E-state index contributed by atoms with van der Waals surface area (Å²) in [7, 11) is 0. The number of terminal acetylenes is 1. The number of aliphatic hydroxyl groups is 1. The maximum Gasteiger partial charge on any atom is 0.162 e. The number of ketones is 1. The average Bonchev–Trinajstić information content (AvgIpc) is 2.20. The van der Waals surface area contributed by atoms with Gasteiger partial charge in [-0.15, -0.1) is 6.42 Å². The zero-order chi connectivity index (χ0) is 10.6. The lowest BCUT2D eigenvalue weighted by molar-refractivity contribution is -0.117. The fraction of sp³-hybridized carbons (Fsp3) is 0.417. The molecule has 0 amide bonds. The van der Waals surface area contributed by atoms with E-state index >= 15 is 0 Å². The minimum atomic E-state index is -0.867. The molecule has 0 aromatic rings. The van der Waals surface area contributed by atoms with E-state index in [1.165, 1.54) is 0 Å². The first-order chi connectivity index (χ1) is 6.65. The molecule has 1 N–H and O–H groups in total. The van der Waals surface area contributed by atoms with Crippen molar-refractivity contribution in [2.45, 2.75) is 25.9 Å². The molecule has 1 aliphatic carbocycles. The van der Waals surface area contributed by atoms with Crippen LogP contribution in [0.4, 0.5) is 0 Å². The smallest absolute Gasteiger partial charge is 0.162 e. The number of hydrogen-bond acceptors (Lipinski definition) is 2. The third-order valence-corrected chi connectivity index (χ3v) is 2.35. The van der Waals surface area contributed by atoms with Crippen molar-refractivity contribution in [1.29, 1.82) is 0 Å². The molecule has 14 heavy (non-hydrogen) atoms. The zero-order valence-corrected chi connectivity index (χ0v) is 8.23. The van der Waals surface area contributed by atoms with Gasteiger partial charge in [0.15, 0.2) is 5.78 Å². The number of carbonyl (C=O) groups is 1. The van der Waals surface area contributed by atoms with Crippen molar-refractivity contribution >= 4 is 5.78 Å². The second-order valence-corrected chi connectivity index (χ2v) is 3.47. The molecule has 0 heterocycles. The Labute approximate surface area is 84.3 Å². The second kappa shape index (κ2) is 4.78. The van der Waals surface area contributed by atoms with E-state index in [1.807, 2.05) is 6.08 Å². The molecule has 0 saturated heterocycles. The predicted molar refractivity (Wildman–Crippen MR) is 55.5 cm³/mol. The van der Waals surface area contributed by atoms with Crippen molar-refractivity contribution in [3.8, 4) is 12.3 Å². The Balaban J connectivity index is 2.72. The summed E-state index contributed by atoms with van der Waals surface area (Å²) in [5.74, 6) is 2.22. The second-order valence-electron chi connectivity index (χ2n) is 3.47. The van der Waals surface area contributed by atoms with Gasteiger partial charge in [-0.25, -0.2) is 0 Å². The summed E-state index contributed by atoms with van der Waals surface area (Å²) in [6.07, 6.45) is 11.2. The number of aliphatic hydroxyl groups excluding tert-OH is 1. The highest BCUT2D eigenvalue weighted by Crippen LogP contribution is 2.18. The lowest BCUT2D eigenvalue weighted by atomic mass is 9.90. The quantitative estimate of drug-likeness (QED) is 0.528. The van der Waals surface area contributed by atoms with Gasteiger partial charge in [-0.1, -0.05) is 18.1 Å². The molecule has 0 aliphatic heterocycles. The van der Waals surface area contributed by atoms with Crippen LogP contribution >= 0.6 is 0 Å².